The molecular formula is C20H23F3N4O3. The summed E-state index contributed by atoms with van der Waals surface area (Å²) in [6.45, 7) is 4.44. The van der Waals surface area contributed by atoms with Crippen LogP contribution in [0, 0.1) is 13.8 Å². The van der Waals surface area contributed by atoms with Gasteiger partial charge in [0, 0.05) is 30.3 Å². The van der Waals surface area contributed by atoms with E-state index in [9.17, 15) is 22.8 Å². The number of rotatable bonds is 4. The Morgan fingerprint density at radius 1 is 1.30 bits per heavy atom. The van der Waals surface area contributed by atoms with Crippen LogP contribution in [0.3, 0.4) is 0 Å². The van der Waals surface area contributed by atoms with Gasteiger partial charge in [-0.25, -0.2) is 4.79 Å². The van der Waals surface area contributed by atoms with Crippen LogP contribution in [0.15, 0.2) is 28.8 Å². The minimum Gasteiger partial charge on any atom is -0.361 e. The van der Waals surface area contributed by atoms with Crippen LogP contribution in [0.2, 0.25) is 0 Å². The molecule has 1 aromatic heterocycles. The van der Waals surface area contributed by atoms with E-state index < -0.39 is 17.8 Å². The molecule has 1 aromatic carbocycles. The van der Waals surface area contributed by atoms with Crippen molar-refractivity contribution in [2.75, 3.05) is 11.9 Å². The molecule has 0 radical (unpaired) electrons. The smallest absolute Gasteiger partial charge is 0.361 e. The summed E-state index contributed by atoms with van der Waals surface area (Å²) in [5.74, 6) is 0.636. The fourth-order valence-electron chi connectivity index (χ4n) is 3.39. The first-order chi connectivity index (χ1) is 14.1. The topological polar surface area (TPSA) is 87.5 Å². The number of hydrogen-bond donors (Lipinski definition) is 2. The molecule has 30 heavy (non-hydrogen) atoms. The van der Waals surface area contributed by atoms with Crippen molar-refractivity contribution in [2.45, 2.75) is 51.9 Å². The van der Waals surface area contributed by atoms with E-state index in [0.29, 0.717) is 31.7 Å². The van der Waals surface area contributed by atoms with E-state index in [1.807, 2.05) is 6.92 Å². The maximum Gasteiger partial charge on any atom is 0.416 e. The van der Waals surface area contributed by atoms with Crippen LogP contribution in [0.1, 0.15) is 41.8 Å². The van der Waals surface area contributed by atoms with E-state index in [1.165, 1.54) is 12.1 Å². The number of likely N-dealkylation sites (tertiary alicyclic amines) is 1. The van der Waals surface area contributed by atoms with Gasteiger partial charge in [0.25, 0.3) is 0 Å². The maximum absolute atomic E-state index is 12.8. The molecule has 2 N–H and O–H groups in total. The molecule has 0 bridgehead atoms. The number of carbonyl (C=O) groups is 2. The van der Waals surface area contributed by atoms with Crippen LogP contribution >= 0.6 is 0 Å². The third-order valence-electron chi connectivity index (χ3n) is 5.12. The fraction of sp³-hybridized carbons (Fsp3) is 0.450. The van der Waals surface area contributed by atoms with Gasteiger partial charge in [0.05, 0.1) is 17.8 Å². The normalized spacial score (nSPS) is 17.6. The van der Waals surface area contributed by atoms with Gasteiger partial charge >= 0.3 is 12.2 Å². The number of urea groups is 1. The van der Waals surface area contributed by atoms with Crippen molar-refractivity contribution in [3.05, 3.63) is 46.8 Å². The van der Waals surface area contributed by atoms with Crippen LogP contribution in [0.4, 0.5) is 23.7 Å². The number of carbonyl (C=O) groups excluding carboxylic acids is 2. The average Bonchev–Trinajstić information content (AvgIpc) is 2.88. The SMILES string of the molecule is Cc1noc(C)c1CN1CCC(NC(=O)Nc2cccc(C(F)(F)F)c2)CCC1=O. The summed E-state index contributed by atoms with van der Waals surface area (Å²) in [5.41, 5.74) is 0.819. The molecule has 7 nitrogen and oxygen atoms in total. The van der Waals surface area contributed by atoms with Gasteiger partial charge in [-0.3, -0.25) is 4.79 Å². The number of alkyl halides is 3. The number of hydrogen-bond acceptors (Lipinski definition) is 4. The molecule has 1 fully saturated rings. The monoisotopic (exact) mass is 424 g/mol. The summed E-state index contributed by atoms with van der Waals surface area (Å²) in [4.78, 5) is 26.4. The molecule has 162 valence electrons. The largest absolute Gasteiger partial charge is 0.416 e. The van der Waals surface area contributed by atoms with E-state index in [0.717, 1.165) is 23.4 Å². The van der Waals surface area contributed by atoms with Crippen molar-refractivity contribution in [3.63, 3.8) is 0 Å². The predicted octanol–water partition coefficient (Wildman–Crippen LogP) is 4.01. The third kappa shape index (κ3) is 5.31. The van der Waals surface area contributed by atoms with Crippen molar-refractivity contribution in [1.29, 1.82) is 0 Å². The highest BCUT2D eigenvalue weighted by Gasteiger charge is 2.30. The van der Waals surface area contributed by atoms with Crippen molar-refractivity contribution in [1.82, 2.24) is 15.4 Å². The second-order valence-corrected chi connectivity index (χ2v) is 7.32. The van der Waals surface area contributed by atoms with Crippen molar-refractivity contribution >= 4 is 17.6 Å². The first-order valence-electron chi connectivity index (χ1n) is 9.58. The lowest BCUT2D eigenvalue weighted by atomic mass is 10.1. The van der Waals surface area contributed by atoms with E-state index >= 15 is 0 Å². The van der Waals surface area contributed by atoms with Gasteiger partial charge in [-0.2, -0.15) is 13.2 Å². The number of benzene rings is 1. The van der Waals surface area contributed by atoms with Gasteiger partial charge in [-0.1, -0.05) is 11.2 Å². The lowest BCUT2D eigenvalue weighted by Gasteiger charge is -2.21. The van der Waals surface area contributed by atoms with Gasteiger partial charge in [0.15, 0.2) is 0 Å². The number of aryl methyl sites for hydroxylation is 2. The van der Waals surface area contributed by atoms with Crippen molar-refractivity contribution in [3.8, 4) is 0 Å². The molecule has 1 aliphatic rings. The minimum atomic E-state index is -4.49. The summed E-state index contributed by atoms with van der Waals surface area (Å²) >= 11 is 0. The van der Waals surface area contributed by atoms with Crippen LogP contribution in [0.25, 0.3) is 0 Å². The first kappa shape index (κ1) is 21.7. The second kappa shape index (κ2) is 8.76. The highest BCUT2D eigenvalue weighted by atomic mass is 19.4. The van der Waals surface area contributed by atoms with E-state index in [4.69, 9.17) is 4.52 Å². The molecule has 2 aromatic rings. The number of halogens is 3. The molecule has 3 amide bonds. The number of anilines is 1. The second-order valence-electron chi connectivity index (χ2n) is 7.32. The molecule has 3 rings (SSSR count). The van der Waals surface area contributed by atoms with Crippen molar-refractivity contribution < 1.29 is 27.3 Å². The zero-order chi connectivity index (χ0) is 21.9. The third-order valence-corrected chi connectivity index (χ3v) is 5.12. The Morgan fingerprint density at radius 2 is 2.07 bits per heavy atom. The lowest BCUT2D eigenvalue weighted by molar-refractivity contribution is -0.137. The van der Waals surface area contributed by atoms with Crippen LogP contribution in [-0.2, 0) is 17.5 Å². The summed E-state index contributed by atoms with van der Waals surface area (Å²) in [5, 5.41) is 9.07. The molecular weight excluding hydrogens is 401 g/mol. The van der Waals surface area contributed by atoms with Crippen LogP contribution in [0.5, 0.6) is 0 Å². The number of amides is 3. The van der Waals surface area contributed by atoms with E-state index in [2.05, 4.69) is 15.8 Å². The van der Waals surface area contributed by atoms with Crippen LogP contribution in [-0.4, -0.2) is 34.6 Å². The highest BCUT2D eigenvalue weighted by molar-refractivity contribution is 5.89. The molecule has 10 heteroatoms. The highest BCUT2D eigenvalue weighted by Crippen LogP contribution is 2.30. The minimum absolute atomic E-state index is 0.0300. The Balaban J connectivity index is 1.56. The molecule has 1 saturated heterocycles. The Kier molecular flexibility index (Phi) is 6.33. The van der Waals surface area contributed by atoms with Gasteiger partial charge in [-0.05, 0) is 44.9 Å². The maximum atomic E-state index is 12.8. The molecule has 1 aliphatic heterocycles. The Hall–Kier alpha value is -3.04. The van der Waals surface area contributed by atoms with E-state index in [-0.39, 0.29) is 24.1 Å². The summed E-state index contributed by atoms with van der Waals surface area (Å²) in [6, 6.07) is 3.56. The van der Waals surface area contributed by atoms with Gasteiger partial charge in [0.2, 0.25) is 5.91 Å². The quantitative estimate of drug-likeness (QED) is 0.776. The molecule has 1 atom stereocenters. The van der Waals surface area contributed by atoms with Crippen molar-refractivity contribution in [2.24, 2.45) is 0 Å². The fourth-order valence-corrected chi connectivity index (χ4v) is 3.39. The Bertz CT molecular complexity index is 907. The zero-order valence-corrected chi connectivity index (χ0v) is 16.7. The number of aromatic nitrogens is 1. The lowest BCUT2D eigenvalue weighted by Crippen LogP contribution is -2.38. The average molecular weight is 424 g/mol. The van der Waals surface area contributed by atoms with Gasteiger partial charge in [0.1, 0.15) is 5.76 Å². The predicted molar refractivity (Wildman–Crippen MR) is 103 cm³/mol. The van der Waals surface area contributed by atoms with Gasteiger partial charge < -0.3 is 20.1 Å². The van der Waals surface area contributed by atoms with E-state index in [1.54, 1.807) is 11.8 Å². The molecule has 0 spiro atoms. The first-order valence-corrected chi connectivity index (χ1v) is 9.58. The summed E-state index contributed by atoms with van der Waals surface area (Å²) in [7, 11) is 0. The molecule has 2 heterocycles. The molecule has 1 unspecified atom stereocenters. The zero-order valence-electron chi connectivity index (χ0n) is 16.7. The summed E-state index contributed by atoms with van der Waals surface area (Å²) in [6.07, 6.45) is -3.24. The number of nitrogens with zero attached hydrogens (tertiary/aromatic N) is 2. The Labute approximate surface area is 171 Å². The number of nitrogens with one attached hydrogen (secondary N) is 2. The summed E-state index contributed by atoms with van der Waals surface area (Å²) < 4.78 is 43.6. The van der Waals surface area contributed by atoms with Crippen LogP contribution < -0.4 is 10.6 Å². The molecule has 0 saturated carbocycles. The molecule has 0 aliphatic carbocycles. The standard InChI is InChI=1S/C20H23F3N4O3/c1-12-17(13(2)30-26-12)11-27-9-8-15(6-7-18(27)28)24-19(29)25-16-5-3-4-14(10-16)20(21,22)23/h3-5,10,15H,6-9,11H2,1-2H3,(H2,24,25,29). The Morgan fingerprint density at radius 3 is 2.73 bits per heavy atom. The van der Waals surface area contributed by atoms with Gasteiger partial charge in [-0.15, -0.1) is 0 Å².